The van der Waals surface area contributed by atoms with Gasteiger partial charge >= 0.3 is 0 Å². The lowest BCUT2D eigenvalue weighted by atomic mass is 10.0. The molecule has 1 aliphatic carbocycles. The standard InChI is InChI=1S/C15H25N/c1-7-10(3)9-14-12(5)15(14)16-13(6)11(4)8-2/h1,10-12,14-15H,8-9H2,2-6H3. The van der Waals surface area contributed by atoms with Crippen LogP contribution in [0.2, 0.25) is 0 Å². The smallest absolute Gasteiger partial charge is 0.0559 e. The van der Waals surface area contributed by atoms with Crippen LogP contribution in [0.3, 0.4) is 0 Å². The van der Waals surface area contributed by atoms with Crippen molar-refractivity contribution in [3.63, 3.8) is 0 Å². The van der Waals surface area contributed by atoms with Crippen LogP contribution in [0, 0.1) is 36.0 Å². The van der Waals surface area contributed by atoms with Crippen LogP contribution in [0.4, 0.5) is 0 Å². The second-order valence-corrected chi connectivity index (χ2v) is 5.40. The maximum absolute atomic E-state index is 5.42. The van der Waals surface area contributed by atoms with Crippen molar-refractivity contribution in [1.29, 1.82) is 0 Å². The maximum Gasteiger partial charge on any atom is 0.0559 e. The van der Waals surface area contributed by atoms with Crippen LogP contribution < -0.4 is 0 Å². The van der Waals surface area contributed by atoms with Crippen molar-refractivity contribution in [3.8, 4) is 12.3 Å². The Hall–Kier alpha value is -0.770. The van der Waals surface area contributed by atoms with E-state index in [0.29, 0.717) is 17.9 Å². The first-order valence-electron chi connectivity index (χ1n) is 6.51. The average molecular weight is 219 g/mol. The van der Waals surface area contributed by atoms with Gasteiger partial charge in [-0.05, 0) is 37.5 Å². The summed E-state index contributed by atoms with van der Waals surface area (Å²) < 4.78 is 0. The molecule has 0 aromatic heterocycles. The minimum absolute atomic E-state index is 0.400. The molecular formula is C15H25N. The Balaban J connectivity index is 2.50. The van der Waals surface area contributed by atoms with Gasteiger partial charge < -0.3 is 0 Å². The van der Waals surface area contributed by atoms with Gasteiger partial charge in [0.1, 0.15) is 0 Å². The van der Waals surface area contributed by atoms with Crippen molar-refractivity contribution >= 4 is 5.71 Å². The van der Waals surface area contributed by atoms with Gasteiger partial charge in [0, 0.05) is 11.6 Å². The summed E-state index contributed by atoms with van der Waals surface area (Å²) in [7, 11) is 0. The fourth-order valence-electron chi connectivity index (χ4n) is 2.22. The molecule has 0 radical (unpaired) electrons. The van der Waals surface area contributed by atoms with Crippen LogP contribution in [-0.4, -0.2) is 11.8 Å². The molecule has 0 spiro atoms. The molecule has 1 fully saturated rings. The van der Waals surface area contributed by atoms with Gasteiger partial charge in [0.15, 0.2) is 0 Å². The van der Waals surface area contributed by atoms with E-state index in [2.05, 4.69) is 40.5 Å². The van der Waals surface area contributed by atoms with E-state index in [4.69, 9.17) is 11.4 Å². The summed E-state index contributed by atoms with van der Waals surface area (Å²) in [4.78, 5) is 4.86. The van der Waals surface area contributed by atoms with Gasteiger partial charge in [-0.3, -0.25) is 4.99 Å². The van der Waals surface area contributed by atoms with Crippen molar-refractivity contribution < 1.29 is 0 Å². The molecule has 5 unspecified atom stereocenters. The third-order valence-electron chi connectivity index (χ3n) is 4.10. The first kappa shape index (κ1) is 13.3. The summed E-state index contributed by atoms with van der Waals surface area (Å²) in [6.07, 6.45) is 7.75. The first-order chi connectivity index (χ1) is 7.51. The SMILES string of the molecule is C#CC(C)CC1C(C)C1N=C(C)C(C)CC. The molecular weight excluding hydrogens is 194 g/mol. The van der Waals surface area contributed by atoms with E-state index in [-0.39, 0.29) is 0 Å². The van der Waals surface area contributed by atoms with E-state index in [1.807, 2.05) is 0 Å². The Morgan fingerprint density at radius 1 is 1.44 bits per heavy atom. The second-order valence-electron chi connectivity index (χ2n) is 5.40. The molecule has 0 saturated heterocycles. The quantitative estimate of drug-likeness (QED) is 0.493. The topological polar surface area (TPSA) is 12.4 Å². The number of aliphatic imine (C=N–C) groups is 1. The molecule has 0 aromatic carbocycles. The molecule has 0 N–H and O–H groups in total. The van der Waals surface area contributed by atoms with Crippen LogP contribution in [0.5, 0.6) is 0 Å². The Morgan fingerprint density at radius 3 is 2.56 bits per heavy atom. The van der Waals surface area contributed by atoms with E-state index in [1.54, 1.807) is 0 Å². The molecule has 16 heavy (non-hydrogen) atoms. The number of hydrogen-bond donors (Lipinski definition) is 0. The van der Waals surface area contributed by atoms with E-state index in [1.165, 1.54) is 12.1 Å². The van der Waals surface area contributed by atoms with Gasteiger partial charge in [0.25, 0.3) is 0 Å². The van der Waals surface area contributed by atoms with Crippen LogP contribution in [-0.2, 0) is 0 Å². The molecule has 1 nitrogen and oxygen atoms in total. The Morgan fingerprint density at radius 2 is 2.06 bits per heavy atom. The highest BCUT2D eigenvalue weighted by Crippen LogP contribution is 2.46. The highest BCUT2D eigenvalue weighted by Gasteiger charge is 2.46. The minimum Gasteiger partial charge on any atom is -0.290 e. The van der Waals surface area contributed by atoms with Gasteiger partial charge in [0.2, 0.25) is 0 Å². The minimum atomic E-state index is 0.400. The molecule has 1 aliphatic rings. The molecule has 1 saturated carbocycles. The summed E-state index contributed by atoms with van der Waals surface area (Å²) in [5, 5.41) is 0. The first-order valence-corrected chi connectivity index (χ1v) is 6.51. The molecule has 90 valence electrons. The molecule has 1 heteroatoms. The van der Waals surface area contributed by atoms with Crippen molar-refractivity contribution in [1.82, 2.24) is 0 Å². The summed E-state index contributed by atoms with van der Waals surface area (Å²) in [5.74, 6) is 5.30. The number of rotatable bonds is 5. The predicted octanol–water partition coefficient (Wildman–Crippen LogP) is 3.79. The van der Waals surface area contributed by atoms with Crippen molar-refractivity contribution in [2.45, 2.75) is 53.5 Å². The fraction of sp³-hybridized carbons (Fsp3) is 0.800. The number of hydrogen-bond acceptors (Lipinski definition) is 1. The summed E-state index contributed by atoms with van der Waals surface area (Å²) in [5.41, 5.74) is 1.32. The number of terminal acetylenes is 1. The predicted molar refractivity (Wildman–Crippen MR) is 71.6 cm³/mol. The van der Waals surface area contributed by atoms with Crippen molar-refractivity contribution in [3.05, 3.63) is 0 Å². The van der Waals surface area contributed by atoms with E-state index < -0.39 is 0 Å². The zero-order chi connectivity index (χ0) is 12.3. The van der Waals surface area contributed by atoms with Gasteiger partial charge in [-0.15, -0.1) is 12.3 Å². The van der Waals surface area contributed by atoms with Gasteiger partial charge in [-0.2, -0.15) is 0 Å². The van der Waals surface area contributed by atoms with Gasteiger partial charge in [0.05, 0.1) is 6.04 Å². The van der Waals surface area contributed by atoms with E-state index >= 15 is 0 Å². The van der Waals surface area contributed by atoms with Gasteiger partial charge in [-0.25, -0.2) is 0 Å². The monoisotopic (exact) mass is 219 g/mol. The highest BCUT2D eigenvalue weighted by atomic mass is 14.9. The maximum atomic E-state index is 5.42. The third-order valence-corrected chi connectivity index (χ3v) is 4.10. The van der Waals surface area contributed by atoms with Crippen LogP contribution in [0.1, 0.15) is 47.5 Å². The molecule has 1 rings (SSSR count). The Bertz CT molecular complexity index is 297. The normalized spacial score (nSPS) is 33.0. The lowest BCUT2D eigenvalue weighted by molar-refractivity contribution is 0.572. The lowest BCUT2D eigenvalue weighted by Crippen LogP contribution is -2.07. The zero-order valence-corrected chi connectivity index (χ0v) is 11.3. The molecule has 0 aromatic rings. The third kappa shape index (κ3) is 3.11. The Kier molecular flexibility index (Phi) is 4.59. The Labute approximate surface area is 101 Å². The fourth-order valence-corrected chi connectivity index (χ4v) is 2.22. The molecule has 0 bridgehead atoms. The van der Waals surface area contributed by atoms with E-state index in [9.17, 15) is 0 Å². The van der Waals surface area contributed by atoms with E-state index in [0.717, 1.165) is 18.3 Å². The molecule has 0 heterocycles. The summed E-state index contributed by atoms with van der Waals surface area (Å²) in [6.45, 7) is 11.1. The lowest BCUT2D eigenvalue weighted by Gasteiger charge is -2.07. The second kappa shape index (κ2) is 5.53. The molecule has 5 atom stereocenters. The van der Waals surface area contributed by atoms with Gasteiger partial charge in [-0.1, -0.05) is 27.7 Å². The van der Waals surface area contributed by atoms with Crippen molar-refractivity contribution in [2.75, 3.05) is 0 Å². The molecule has 0 amide bonds. The largest absolute Gasteiger partial charge is 0.290 e. The van der Waals surface area contributed by atoms with Crippen LogP contribution >= 0.6 is 0 Å². The van der Waals surface area contributed by atoms with Crippen molar-refractivity contribution in [2.24, 2.45) is 28.7 Å². The summed E-state index contributed by atoms with van der Waals surface area (Å²) in [6, 6.07) is 0.546. The highest BCUT2D eigenvalue weighted by molar-refractivity contribution is 5.84. The number of nitrogens with zero attached hydrogens (tertiary/aromatic N) is 1. The average Bonchev–Trinajstić information content (AvgIpc) is 2.87. The summed E-state index contributed by atoms with van der Waals surface area (Å²) >= 11 is 0. The van der Waals surface area contributed by atoms with Crippen LogP contribution in [0.25, 0.3) is 0 Å². The molecule has 0 aliphatic heterocycles. The zero-order valence-electron chi connectivity index (χ0n) is 11.3. The van der Waals surface area contributed by atoms with Crippen LogP contribution in [0.15, 0.2) is 4.99 Å².